The zero-order valence-electron chi connectivity index (χ0n) is 14.0. The molecule has 0 saturated carbocycles. The van der Waals surface area contributed by atoms with Crippen molar-refractivity contribution in [1.82, 2.24) is 24.4 Å². The van der Waals surface area contributed by atoms with Crippen LogP contribution < -0.4 is 10.1 Å². The van der Waals surface area contributed by atoms with E-state index in [0.29, 0.717) is 6.54 Å². The van der Waals surface area contributed by atoms with Gasteiger partial charge in [-0.3, -0.25) is 0 Å². The van der Waals surface area contributed by atoms with E-state index in [2.05, 4.69) is 20.5 Å². The van der Waals surface area contributed by atoms with Gasteiger partial charge in [0.1, 0.15) is 11.3 Å². The zero-order chi connectivity index (χ0) is 17.2. The van der Waals surface area contributed by atoms with Crippen LogP contribution in [0.4, 0.5) is 5.82 Å². The summed E-state index contributed by atoms with van der Waals surface area (Å²) < 4.78 is 8.84. The maximum atomic E-state index is 5.18. The Labute approximate surface area is 144 Å². The molecule has 0 spiro atoms. The maximum absolute atomic E-state index is 5.18. The van der Waals surface area contributed by atoms with Crippen molar-refractivity contribution in [1.29, 1.82) is 0 Å². The van der Waals surface area contributed by atoms with Crippen molar-refractivity contribution in [3.63, 3.8) is 0 Å². The average Bonchev–Trinajstić information content (AvgIpc) is 3.26. The van der Waals surface area contributed by atoms with Crippen molar-refractivity contribution < 1.29 is 4.74 Å². The van der Waals surface area contributed by atoms with Crippen LogP contribution in [0.2, 0.25) is 0 Å². The molecule has 3 aromatic heterocycles. The first-order valence-corrected chi connectivity index (χ1v) is 7.97. The first-order valence-electron chi connectivity index (χ1n) is 7.97. The molecule has 4 rings (SSSR count). The lowest BCUT2D eigenvalue weighted by molar-refractivity contribution is 0.414. The Bertz CT molecular complexity index is 1000. The van der Waals surface area contributed by atoms with Gasteiger partial charge in [0.15, 0.2) is 5.82 Å². The lowest BCUT2D eigenvalue weighted by Gasteiger charge is -2.05. The summed E-state index contributed by atoms with van der Waals surface area (Å²) in [6.45, 7) is 2.55. The molecule has 0 radical (unpaired) electrons. The SMILES string of the molecule is COc1ccc(-n2ccc(CNc3nccn4nc(C)cc34)n2)cc1. The summed E-state index contributed by atoms with van der Waals surface area (Å²) >= 11 is 0. The molecule has 25 heavy (non-hydrogen) atoms. The molecule has 0 aliphatic heterocycles. The molecule has 126 valence electrons. The predicted molar refractivity (Wildman–Crippen MR) is 95.2 cm³/mol. The standard InChI is InChI=1S/C18H18N6O/c1-13-11-17-18(19-8-10-24(17)21-13)20-12-14-7-9-23(22-14)15-3-5-16(25-2)6-4-15/h3-11H,12H2,1-2H3,(H,19,20). The van der Waals surface area contributed by atoms with Gasteiger partial charge in [0, 0.05) is 18.6 Å². The number of fused-ring (bicyclic) bond motifs is 1. The van der Waals surface area contributed by atoms with E-state index in [9.17, 15) is 0 Å². The normalized spacial score (nSPS) is 11.0. The minimum absolute atomic E-state index is 0.583. The maximum Gasteiger partial charge on any atom is 0.152 e. The molecule has 0 aliphatic carbocycles. The molecule has 1 aromatic carbocycles. The van der Waals surface area contributed by atoms with Gasteiger partial charge >= 0.3 is 0 Å². The second kappa shape index (κ2) is 6.27. The summed E-state index contributed by atoms with van der Waals surface area (Å²) in [5.41, 5.74) is 3.82. The highest BCUT2D eigenvalue weighted by atomic mass is 16.5. The van der Waals surface area contributed by atoms with Crippen LogP contribution >= 0.6 is 0 Å². The average molecular weight is 334 g/mol. The molecule has 1 N–H and O–H groups in total. The lowest BCUT2D eigenvalue weighted by atomic mass is 10.3. The Kier molecular flexibility index (Phi) is 3.81. The van der Waals surface area contributed by atoms with Crippen molar-refractivity contribution in [2.45, 2.75) is 13.5 Å². The first kappa shape index (κ1) is 15.2. The lowest BCUT2D eigenvalue weighted by Crippen LogP contribution is -2.05. The number of aryl methyl sites for hydroxylation is 1. The molecule has 0 amide bonds. The molecule has 0 atom stereocenters. The third-order valence-electron chi connectivity index (χ3n) is 3.93. The summed E-state index contributed by atoms with van der Waals surface area (Å²) in [6, 6.07) is 11.8. The zero-order valence-corrected chi connectivity index (χ0v) is 14.0. The summed E-state index contributed by atoms with van der Waals surface area (Å²) in [7, 11) is 1.66. The minimum Gasteiger partial charge on any atom is -0.497 e. The van der Waals surface area contributed by atoms with Gasteiger partial charge in [-0.05, 0) is 43.3 Å². The predicted octanol–water partition coefficient (Wildman–Crippen LogP) is 2.84. The van der Waals surface area contributed by atoms with Crippen molar-refractivity contribution in [2.24, 2.45) is 0 Å². The molecule has 0 bridgehead atoms. The van der Waals surface area contributed by atoms with Crippen molar-refractivity contribution in [3.05, 3.63) is 66.4 Å². The van der Waals surface area contributed by atoms with Crippen LogP contribution in [-0.4, -0.2) is 31.5 Å². The summed E-state index contributed by atoms with van der Waals surface area (Å²) in [4.78, 5) is 4.40. The van der Waals surface area contributed by atoms with Gasteiger partial charge in [-0.25, -0.2) is 14.2 Å². The largest absolute Gasteiger partial charge is 0.497 e. The highest BCUT2D eigenvalue weighted by Crippen LogP contribution is 2.17. The number of hydrogen-bond donors (Lipinski definition) is 1. The highest BCUT2D eigenvalue weighted by molar-refractivity contribution is 5.67. The van der Waals surface area contributed by atoms with Gasteiger partial charge in [-0.1, -0.05) is 0 Å². The second-order valence-electron chi connectivity index (χ2n) is 5.69. The Balaban J connectivity index is 1.50. The van der Waals surface area contributed by atoms with E-state index in [0.717, 1.165) is 34.2 Å². The van der Waals surface area contributed by atoms with Crippen LogP contribution in [0, 0.1) is 6.92 Å². The van der Waals surface area contributed by atoms with Crippen molar-refractivity contribution in [3.8, 4) is 11.4 Å². The van der Waals surface area contributed by atoms with Gasteiger partial charge in [-0.15, -0.1) is 0 Å². The Morgan fingerprint density at radius 2 is 1.92 bits per heavy atom. The van der Waals surface area contributed by atoms with E-state index < -0.39 is 0 Å². The van der Waals surface area contributed by atoms with E-state index in [1.165, 1.54) is 0 Å². The number of rotatable bonds is 5. The molecule has 7 nitrogen and oxygen atoms in total. The molecule has 0 saturated heterocycles. The Morgan fingerprint density at radius 3 is 2.72 bits per heavy atom. The Hall–Kier alpha value is -3.35. The monoisotopic (exact) mass is 334 g/mol. The number of ether oxygens (including phenoxy) is 1. The van der Waals surface area contributed by atoms with E-state index in [1.54, 1.807) is 13.3 Å². The van der Waals surface area contributed by atoms with Gasteiger partial charge in [0.25, 0.3) is 0 Å². The Morgan fingerprint density at radius 1 is 1.08 bits per heavy atom. The number of hydrogen-bond acceptors (Lipinski definition) is 5. The summed E-state index contributed by atoms with van der Waals surface area (Å²) in [5.74, 6) is 1.62. The number of anilines is 1. The third kappa shape index (κ3) is 3.03. The van der Waals surface area contributed by atoms with Gasteiger partial charge < -0.3 is 10.1 Å². The number of methoxy groups -OCH3 is 1. The highest BCUT2D eigenvalue weighted by Gasteiger charge is 2.07. The number of nitrogens with one attached hydrogen (secondary N) is 1. The van der Waals surface area contributed by atoms with Gasteiger partial charge in [0.05, 0.1) is 30.7 Å². The van der Waals surface area contributed by atoms with Crippen LogP contribution in [-0.2, 0) is 6.54 Å². The van der Waals surface area contributed by atoms with E-state index in [4.69, 9.17) is 4.74 Å². The number of benzene rings is 1. The van der Waals surface area contributed by atoms with Crippen LogP contribution in [0.25, 0.3) is 11.2 Å². The van der Waals surface area contributed by atoms with Gasteiger partial charge in [0.2, 0.25) is 0 Å². The van der Waals surface area contributed by atoms with Crippen LogP contribution in [0.3, 0.4) is 0 Å². The number of aromatic nitrogens is 5. The molecule has 0 unspecified atom stereocenters. The van der Waals surface area contributed by atoms with Crippen molar-refractivity contribution in [2.75, 3.05) is 12.4 Å². The minimum atomic E-state index is 0.583. The van der Waals surface area contributed by atoms with Crippen LogP contribution in [0.1, 0.15) is 11.4 Å². The molecular formula is C18H18N6O. The van der Waals surface area contributed by atoms with E-state index >= 15 is 0 Å². The summed E-state index contributed by atoms with van der Waals surface area (Å²) in [6.07, 6.45) is 5.51. The molecule has 3 heterocycles. The fraction of sp³-hybridized carbons (Fsp3) is 0.167. The quantitative estimate of drug-likeness (QED) is 0.608. The fourth-order valence-electron chi connectivity index (χ4n) is 2.69. The molecule has 7 heteroatoms. The molecule has 0 fully saturated rings. The first-order chi connectivity index (χ1) is 12.2. The topological polar surface area (TPSA) is 69.3 Å². The van der Waals surface area contributed by atoms with Gasteiger partial charge in [-0.2, -0.15) is 10.2 Å². The molecular weight excluding hydrogens is 316 g/mol. The third-order valence-corrected chi connectivity index (χ3v) is 3.93. The van der Waals surface area contributed by atoms with E-state index in [1.807, 2.05) is 64.9 Å². The van der Waals surface area contributed by atoms with Crippen molar-refractivity contribution >= 4 is 11.3 Å². The fourth-order valence-corrected chi connectivity index (χ4v) is 2.69. The van der Waals surface area contributed by atoms with Crippen LogP contribution in [0.15, 0.2) is 55.0 Å². The second-order valence-corrected chi connectivity index (χ2v) is 5.69. The molecule has 4 aromatic rings. The molecule has 0 aliphatic rings. The number of nitrogens with zero attached hydrogens (tertiary/aromatic N) is 5. The smallest absolute Gasteiger partial charge is 0.152 e. The van der Waals surface area contributed by atoms with E-state index in [-0.39, 0.29) is 0 Å². The van der Waals surface area contributed by atoms with Crippen LogP contribution in [0.5, 0.6) is 5.75 Å². The summed E-state index contributed by atoms with van der Waals surface area (Å²) in [5, 5.41) is 12.3.